The molecule has 0 atom stereocenters. The molecule has 0 amide bonds. The smallest absolute Gasteiger partial charge is 0.184 e. The molecule has 3 nitrogen and oxygen atoms in total. The summed E-state index contributed by atoms with van der Waals surface area (Å²) in [6.07, 6.45) is 0. The van der Waals surface area contributed by atoms with Crippen LogP contribution in [-0.4, -0.2) is 10.8 Å². The predicted molar refractivity (Wildman–Crippen MR) is 78.4 cm³/mol. The van der Waals surface area contributed by atoms with Crippen LogP contribution in [0, 0.1) is 5.82 Å². The van der Waals surface area contributed by atoms with Crippen molar-refractivity contribution in [3.05, 3.63) is 71.5 Å². The SMILES string of the molecule is NC(=S)N/N=C(/c1ccccc1)c1ccccc1F. The number of benzene rings is 2. The lowest BCUT2D eigenvalue weighted by Crippen LogP contribution is -2.26. The maximum atomic E-state index is 13.9. The number of halogens is 1. The molecule has 2 aromatic carbocycles. The fourth-order valence-electron chi connectivity index (χ4n) is 1.64. The Balaban J connectivity index is 2.50. The number of hydrogen-bond donors (Lipinski definition) is 2. The van der Waals surface area contributed by atoms with E-state index in [1.807, 2.05) is 30.3 Å². The van der Waals surface area contributed by atoms with E-state index in [-0.39, 0.29) is 10.9 Å². The van der Waals surface area contributed by atoms with Gasteiger partial charge in [0.15, 0.2) is 5.11 Å². The summed E-state index contributed by atoms with van der Waals surface area (Å²) < 4.78 is 13.9. The van der Waals surface area contributed by atoms with E-state index in [0.717, 1.165) is 5.56 Å². The first-order valence-corrected chi connectivity index (χ1v) is 6.03. The van der Waals surface area contributed by atoms with Crippen LogP contribution >= 0.6 is 12.2 Å². The van der Waals surface area contributed by atoms with E-state index in [9.17, 15) is 4.39 Å². The summed E-state index contributed by atoms with van der Waals surface area (Å²) in [4.78, 5) is 0. The minimum Gasteiger partial charge on any atom is -0.375 e. The van der Waals surface area contributed by atoms with Gasteiger partial charge in [0.25, 0.3) is 0 Å². The fourth-order valence-corrected chi connectivity index (χ4v) is 1.69. The quantitative estimate of drug-likeness (QED) is 0.513. The topological polar surface area (TPSA) is 50.4 Å². The van der Waals surface area contributed by atoms with Crippen molar-refractivity contribution in [1.29, 1.82) is 0 Å². The van der Waals surface area contributed by atoms with Gasteiger partial charge in [0.1, 0.15) is 11.5 Å². The highest BCUT2D eigenvalue weighted by molar-refractivity contribution is 7.80. The van der Waals surface area contributed by atoms with Crippen molar-refractivity contribution in [3.63, 3.8) is 0 Å². The van der Waals surface area contributed by atoms with Crippen LogP contribution in [0.4, 0.5) is 4.39 Å². The van der Waals surface area contributed by atoms with Crippen molar-refractivity contribution in [1.82, 2.24) is 5.43 Å². The molecule has 0 unspecified atom stereocenters. The molecule has 0 aliphatic rings. The molecular weight excluding hydrogens is 261 g/mol. The van der Waals surface area contributed by atoms with Gasteiger partial charge in [0.05, 0.1) is 0 Å². The van der Waals surface area contributed by atoms with Gasteiger partial charge in [-0.1, -0.05) is 42.5 Å². The third-order valence-corrected chi connectivity index (χ3v) is 2.55. The normalized spacial score (nSPS) is 11.1. The van der Waals surface area contributed by atoms with E-state index < -0.39 is 0 Å². The van der Waals surface area contributed by atoms with E-state index >= 15 is 0 Å². The minimum atomic E-state index is -0.352. The molecule has 0 fully saturated rings. The Morgan fingerprint density at radius 2 is 1.68 bits per heavy atom. The summed E-state index contributed by atoms with van der Waals surface area (Å²) in [7, 11) is 0. The van der Waals surface area contributed by atoms with E-state index in [0.29, 0.717) is 11.3 Å². The Morgan fingerprint density at radius 1 is 1.05 bits per heavy atom. The van der Waals surface area contributed by atoms with Gasteiger partial charge in [-0.15, -0.1) is 0 Å². The molecule has 0 saturated heterocycles. The lowest BCUT2D eigenvalue weighted by Gasteiger charge is -2.08. The molecule has 0 aromatic heterocycles. The predicted octanol–water partition coefficient (Wildman–Crippen LogP) is 2.41. The average Bonchev–Trinajstić information content (AvgIpc) is 2.42. The third kappa shape index (κ3) is 3.35. The lowest BCUT2D eigenvalue weighted by molar-refractivity contribution is 0.625. The Hall–Kier alpha value is -2.27. The number of nitrogens with zero attached hydrogens (tertiary/aromatic N) is 1. The molecule has 96 valence electrons. The molecule has 0 radical (unpaired) electrons. The van der Waals surface area contributed by atoms with Gasteiger partial charge in [0, 0.05) is 11.1 Å². The van der Waals surface area contributed by atoms with Crippen LogP contribution in [0.2, 0.25) is 0 Å². The second-order valence-corrected chi connectivity index (χ2v) is 4.22. The Bertz CT molecular complexity index is 611. The maximum absolute atomic E-state index is 13.9. The standard InChI is InChI=1S/C14H12FN3S/c15-12-9-5-4-8-11(12)13(17-18-14(16)19)10-6-2-1-3-7-10/h1-9H,(H3,16,18,19)/b17-13-. The molecule has 0 bridgehead atoms. The summed E-state index contributed by atoms with van der Waals surface area (Å²) >= 11 is 4.71. The lowest BCUT2D eigenvalue weighted by atomic mass is 10.0. The summed E-state index contributed by atoms with van der Waals surface area (Å²) in [6, 6.07) is 15.7. The zero-order valence-electron chi connectivity index (χ0n) is 10.0. The van der Waals surface area contributed by atoms with Crippen molar-refractivity contribution in [2.75, 3.05) is 0 Å². The Morgan fingerprint density at radius 3 is 2.32 bits per heavy atom. The van der Waals surface area contributed by atoms with Crippen LogP contribution in [0.1, 0.15) is 11.1 Å². The monoisotopic (exact) mass is 273 g/mol. The number of hydrogen-bond acceptors (Lipinski definition) is 2. The second kappa shape index (κ2) is 6.06. The van der Waals surface area contributed by atoms with E-state index in [2.05, 4.69) is 10.5 Å². The molecule has 2 rings (SSSR count). The zero-order chi connectivity index (χ0) is 13.7. The molecule has 0 spiro atoms. The van der Waals surface area contributed by atoms with Gasteiger partial charge in [-0.3, -0.25) is 5.43 Å². The first kappa shape index (κ1) is 13.2. The van der Waals surface area contributed by atoms with Crippen LogP contribution in [0.5, 0.6) is 0 Å². The van der Waals surface area contributed by atoms with Gasteiger partial charge in [-0.05, 0) is 24.4 Å². The van der Waals surface area contributed by atoms with Crippen LogP contribution in [0.15, 0.2) is 59.7 Å². The van der Waals surface area contributed by atoms with Crippen LogP contribution in [-0.2, 0) is 0 Å². The van der Waals surface area contributed by atoms with Crippen molar-refractivity contribution in [2.24, 2.45) is 10.8 Å². The summed E-state index contributed by atoms with van der Waals surface area (Å²) in [5.41, 5.74) is 9.47. The van der Waals surface area contributed by atoms with Gasteiger partial charge >= 0.3 is 0 Å². The van der Waals surface area contributed by atoms with Gasteiger partial charge in [0.2, 0.25) is 0 Å². The second-order valence-electron chi connectivity index (χ2n) is 3.78. The molecule has 5 heteroatoms. The van der Waals surface area contributed by atoms with Crippen molar-refractivity contribution in [3.8, 4) is 0 Å². The number of thiocarbonyl (C=S) groups is 1. The number of hydrazone groups is 1. The van der Waals surface area contributed by atoms with Crippen LogP contribution in [0.25, 0.3) is 0 Å². The van der Waals surface area contributed by atoms with Crippen molar-refractivity contribution < 1.29 is 4.39 Å². The molecule has 0 heterocycles. The highest BCUT2D eigenvalue weighted by Gasteiger charge is 2.11. The van der Waals surface area contributed by atoms with E-state index in [1.54, 1.807) is 18.2 Å². The number of nitrogens with two attached hydrogens (primary N) is 1. The molecule has 0 saturated carbocycles. The number of nitrogens with one attached hydrogen (secondary N) is 1. The fraction of sp³-hybridized carbons (Fsp3) is 0. The molecular formula is C14H12FN3S. The first-order chi connectivity index (χ1) is 9.18. The van der Waals surface area contributed by atoms with E-state index in [4.69, 9.17) is 18.0 Å². The van der Waals surface area contributed by atoms with Crippen molar-refractivity contribution >= 4 is 23.0 Å². The van der Waals surface area contributed by atoms with Gasteiger partial charge in [-0.2, -0.15) is 5.10 Å². The van der Waals surface area contributed by atoms with E-state index in [1.165, 1.54) is 6.07 Å². The van der Waals surface area contributed by atoms with Gasteiger partial charge in [-0.25, -0.2) is 4.39 Å². The highest BCUT2D eigenvalue weighted by Crippen LogP contribution is 2.14. The largest absolute Gasteiger partial charge is 0.375 e. The molecule has 19 heavy (non-hydrogen) atoms. The van der Waals surface area contributed by atoms with Crippen LogP contribution < -0.4 is 11.2 Å². The molecule has 0 aliphatic carbocycles. The summed E-state index contributed by atoms with van der Waals surface area (Å²) in [5, 5.41) is 4.12. The molecule has 3 N–H and O–H groups in total. The summed E-state index contributed by atoms with van der Waals surface area (Å²) in [6.45, 7) is 0. The third-order valence-electron chi connectivity index (χ3n) is 2.45. The molecule has 0 aliphatic heterocycles. The zero-order valence-corrected chi connectivity index (χ0v) is 10.8. The number of rotatable bonds is 3. The van der Waals surface area contributed by atoms with Crippen LogP contribution in [0.3, 0.4) is 0 Å². The maximum Gasteiger partial charge on any atom is 0.184 e. The summed E-state index contributed by atoms with van der Waals surface area (Å²) in [5.74, 6) is -0.352. The Kier molecular flexibility index (Phi) is 4.20. The first-order valence-electron chi connectivity index (χ1n) is 5.62. The minimum absolute atomic E-state index is 0.0322. The van der Waals surface area contributed by atoms with Gasteiger partial charge < -0.3 is 5.73 Å². The molecule has 2 aromatic rings. The highest BCUT2D eigenvalue weighted by atomic mass is 32.1. The average molecular weight is 273 g/mol. The Labute approximate surface area is 115 Å². The van der Waals surface area contributed by atoms with Crippen molar-refractivity contribution in [2.45, 2.75) is 0 Å².